The van der Waals surface area contributed by atoms with Gasteiger partial charge in [-0.3, -0.25) is 0 Å². The molecule has 2 heterocycles. The number of fused-ring (bicyclic) bond motifs is 1. The predicted molar refractivity (Wildman–Crippen MR) is 129 cm³/mol. The van der Waals surface area contributed by atoms with Crippen molar-refractivity contribution in [1.29, 1.82) is 5.26 Å². The number of piperidine rings is 1. The number of nitrogens with one attached hydrogen (secondary N) is 1. The van der Waals surface area contributed by atoms with E-state index in [4.69, 9.17) is 9.72 Å². The molecule has 1 aliphatic heterocycles. The summed E-state index contributed by atoms with van der Waals surface area (Å²) in [7, 11) is 0. The van der Waals surface area contributed by atoms with E-state index in [1.807, 2.05) is 63.2 Å². The van der Waals surface area contributed by atoms with Crippen LogP contribution in [0.5, 0.6) is 0 Å². The molecule has 1 aliphatic rings. The lowest BCUT2D eigenvalue weighted by molar-refractivity contribution is 0.0522. The van der Waals surface area contributed by atoms with Crippen molar-refractivity contribution in [2.75, 3.05) is 18.0 Å². The molecule has 2 aromatic carbocycles. The van der Waals surface area contributed by atoms with Gasteiger partial charge in [0.05, 0.1) is 29.2 Å². The van der Waals surface area contributed by atoms with Gasteiger partial charge in [0.1, 0.15) is 5.60 Å². The molecule has 0 unspecified atom stereocenters. The summed E-state index contributed by atoms with van der Waals surface area (Å²) < 4.78 is 7.62. The first kappa shape index (κ1) is 22.7. The van der Waals surface area contributed by atoms with Crippen LogP contribution in [0.15, 0.2) is 48.5 Å². The van der Waals surface area contributed by atoms with Gasteiger partial charge in [-0.1, -0.05) is 30.3 Å². The molecule has 0 radical (unpaired) electrons. The van der Waals surface area contributed by atoms with E-state index in [1.54, 1.807) is 0 Å². The summed E-state index contributed by atoms with van der Waals surface area (Å²) >= 11 is 0. The highest BCUT2D eigenvalue weighted by Gasteiger charge is 2.28. The topological polar surface area (TPSA) is 83.2 Å². The fourth-order valence-electron chi connectivity index (χ4n) is 4.37. The summed E-state index contributed by atoms with van der Waals surface area (Å²) in [4.78, 5) is 19.5. The summed E-state index contributed by atoms with van der Waals surface area (Å²) in [6, 6.07) is 18.2. The van der Waals surface area contributed by atoms with Gasteiger partial charge in [0.25, 0.3) is 0 Å². The minimum Gasteiger partial charge on any atom is -0.444 e. The van der Waals surface area contributed by atoms with Gasteiger partial charge in [-0.2, -0.15) is 5.26 Å². The third-order valence-corrected chi connectivity index (χ3v) is 5.87. The SMILES string of the molecule is CC(C)(C)OC(=O)NC[C@H]1CCCCN1c1nc2ccccc2n1Cc1ccccc1C#N. The van der Waals surface area contributed by atoms with Crippen LogP contribution in [-0.4, -0.2) is 40.4 Å². The number of alkyl carbamates (subject to hydrolysis) is 1. The molecule has 33 heavy (non-hydrogen) atoms. The Morgan fingerprint density at radius 2 is 1.94 bits per heavy atom. The lowest BCUT2D eigenvalue weighted by atomic mass is 10.0. The van der Waals surface area contributed by atoms with Gasteiger partial charge in [-0.15, -0.1) is 0 Å². The number of ether oxygens (including phenoxy) is 1. The molecule has 4 rings (SSSR count). The van der Waals surface area contributed by atoms with Crippen molar-refractivity contribution in [2.24, 2.45) is 0 Å². The first-order valence-corrected chi connectivity index (χ1v) is 11.5. The quantitative estimate of drug-likeness (QED) is 0.608. The zero-order valence-corrected chi connectivity index (χ0v) is 19.5. The standard InChI is InChI=1S/C26H31N5O2/c1-26(2,3)33-25(32)28-17-21-12-8-9-15-30(21)24-29-22-13-6-7-14-23(22)31(24)18-20-11-5-4-10-19(20)16-27/h4-7,10-11,13-14,21H,8-9,12,15,17-18H2,1-3H3,(H,28,32)/t21-/m1/s1. The normalized spacial score (nSPS) is 16.4. The number of carbonyl (C=O) groups is 1. The molecule has 1 N–H and O–H groups in total. The van der Waals surface area contributed by atoms with Crippen LogP contribution in [0.25, 0.3) is 11.0 Å². The maximum Gasteiger partial charge on any atom is 0.407 e. The van der Waals surface area contributed by atoms with Crippen LogP contribution in [0, 0.1) is 11.3 Å². The van der Waals surface area contributed by atoms with Crippen LogP contribution in [0.3, 0.4) is 0 Å². The molecule has 0 spiro atoms. The Labute approximate surface area is 195 Å². The Bertz CT molecular complexity index is 1170. The van der Waals surface area contributed by atoms with Gasteiger partial charge in [-0.05, 0) is 63.8 Å². The third-order valence-electron chi connectivity index (χ3n) is 5.87. The van der Waals surface area contributed by atoms with Crippen molar-refractivity contribution in [3.05, 3.63) is 59.7 Å². The Hall–Kier alpha value is -3.53. The number of rotatable bonds is 5. The summed E-state index contributed by atoms with van der Waals surface area (Å²) in [5.74, 6) is 0.875. The highest BCUT2D eigenvalue weighted by Crippen LogP contribution is 2.29. The summed E-state index contributed by atoms with van der Waals surface area (Å²) in [6.45, 7) is 7.50. The van der Waals surface area contributed by atoms with E-state index >= 15 is 0 Å². The average Bonchev–Trinajstić information content (AvgIpc) is 3.15. The number of benzene rings is 2. The molecule has 1 amide bonds. The zero-order chi connectivity index (χ0) is 23.4. The van der Waals surface area contributed by atoms with E-state index in [1.165, 1.54) is 0 Å². The van der Waals surface area contributed by atoms with E-state index in [2.05, 4.69) is 26.9 Å². The van der Waals surface area contributed by atoms with E-state index < -0.39 is 11.7 Å². The van der Waals surface area contributed by atoms with Crippen LogP contribution in [-0.2, 0) is 11.3 Å². The summed E-state index contributed by atoms with van der Waals surface area (Å²) in [6.07, 6.45) is 2.74. The van der Waals surface area contributed by atoms with Crippen molar-refractivity contribution in [3.8, 4) is 6.07 Å². The van der Waals surface area contributed by atoms with E-state index in [0.717, 1.165) is 48.4 Å². The van der Waals surface area contributed by atoms with E-state index in [9.17, 15) is 10.1 Å². The monoisotopic (exact) mass is 445 g/mol. The smallest absolute Gasteiger partial charge is 0.407 e. The molecule has 0 bridgehead atoms. The first-order chi connectivity index (χ1) is 15.9. The Morgan fingerprint density at radius 1 is 1.18 bits per heavy atom. The molecular weight excluding hydrogens is 414 g/mol. The number of anilines is 1. The Balaban J connectivity index is 1.65. The van der Waals surface area contributed by atoms with Crippen molar-refractivity contribution >= 4 is 23.1 Å². The van der Waals surface area contributed by atoms with Crippen molar-refractivity contribution < 1.29 is 9.53 Å². The number of imidazole rings is 1. The van der Waals surface area contributed by atoms with Crippen LogP contribution >= 0.6 is 0 Å². The molecule has 0 saturated carbocycles. The number of nitriles is 1. The Kier molecular flexibility index (Phi) is 6.55. The molecule has 0 aliphatic carbocycles. The van der Waals surface area contributed by atoms with Crippen LogP contribution in [0.4, 0.5) is 10.7 Å². The number of hydrogen-bond acceptors (Lipinski definition) is 5. The largest absolute Gasteiger partial charge is 0.444 e. The number of amides is 1. The molecule has 1 aromatic heterocycles. The number of aromatic nitrogens is 2. The van der Waals surface area contributed by atoms with Crippen molar-refractivity contribution in [1.82, 2.24) is 14.9 Å². The van der Waals surface area contributed by atoms with Gasteiger partial charge in [-0.25, -0.2) is 9.78 Å². The molecule has 3 aromatic rings. The second kappa shape index (κ2) is 9.53. The lowest BCUT2D eigenvalue weighted by Gasteiger charge is -2.37. The fourth-order valence-corrected chi connectivity index (χ4v) is 4.37. The van der Waals surface area contributed by atoms with Gasteiger partial charge in [0, 0.05) is 19.1 Å². The third kappa shape index (κ3) is 5.28. The molecule has 7 nitrogen and oxygen atoms in total. The molecule has 7 heteroatoms. The second-order valence-electron chi connectivity index (χ2n) is 9.48. The molecular formula is C26H31N5O2. The minimum atomic E-state index is -0.529. The zero-order valence-electron chi connectivity index (χ0n) is 19.5. The maximum atomic E-state index is 12.3. The number of carbonyl (C=O) groups excluding carboxylic acids is 1. The highest BCUT2D eigenvalue weighted by atomic mass is 16.6. The average molecular weight is 446 g/mol. The highest BCUT2D eigenvalue weighted by molar-refractivity contribution is 5.79. The van der Waals surface area contributed by atoms with E-state index in [0.29, 0.717) is 18.7 Å². The number of hydrogen-bond donors (Lipinski definition) is 1. The van der Waals surface area contributed by atoms with Gasteiger partial charge >= 0.3 is 6.09 Å². The Morgan fingerprint density at radius 3 is 2.73 bits per heavy atom. The van der Waals surface area contributed by atoms with Crippen LogP contribution in [0.1, 0.15) is 51.2 Å². The van der Waals surface area contributed by atoms with Crippen molar-refractivity contribution in [3.63, 3.8) is 0 Å². The van der Waals surface area contributed by atoms with Gasteiger partial charge < -0.3 is 19.5 Å². The minimum absolute atomic E-state index is 0.119. The molecule has 172 valence electrons. The van der Waals surface area contributed by atoms with Crippen LogP contribution in [0.2, 0.25) is 0 Å². The maximum absolute atomic E-state index is 12.3. The second-order valence-corrected chi connectivity index (χ2v) is 9.48. The van der Waals surface area contributed by atoms with Gasteiger partial charge in [0.2, 0.25) is 5.95 Å². The number of nitrogens with zero attached hydrogens (tertiary/aromatic N) is 4. The molecule has 1 fully saturated rings. The molecule has 1 saturated heterocycles. The summed E-state index contributed by atoms with van der Waals surface area (Å²) in [5, 5.41) is 12.5. The fraction of sp³-hybridized carbons (Fsp3) is 0.423. The van der Waals surface area contributed by atoms with Crippen LogP contribution < -0.4 is 10.2 Å². The van der Waals surface area contributed by atoms with Gasteiger partial charge in [0.15, 0.2) is 0 Å². The van der Waals surface area contributed by atoms with Crippen molar-refractivity contribution in [2.45, 2.75) is 58.2 Å². The predicted octanol–water partition coefficient (Wildman–Crippen LogP) is 4.84. The summed E-state index contributed by atoms with van der Waals surface area (Å²) in [5.41, 5.74) is 3.06. The first-order valence-electron chi connectivity index (χ1n) is 11.5. The lowest BCUT2D eigenvalue weighted by Crippen LogP contribution is -2.48. The van der Waals surface area contributed by atoms with E-state index in [-0.39, 0.29) is 6.04 Å². The number of para-hydroxylation sites is 2. The molecule has 1 atom stereocenters.